The van der Waals surface area contributed by atoms with E-state index in [0.717, 1.165) is 50.0 Å². The maximum atomic E-state index is 11.9. The number of amides is 1. The van der Waals surface area contributed by atoms with Crippen molar-refractivity contribution in [1.29, 1.82) is 0 Å². The number of primary amides is 1. The van der Waals surface area contributed by atoms with Gasteiger partial charge in [-0.3, -0.25) is 4.79 Å². The highest BCUT2D eigenvalue weighted by atomic mass is 35.5. The number of carbonyl (C=O) groups excluding carboxylic acids is 1. The number of carbonyl (C=O) groups is 1. The van der Waals surface area contributed by atoms with Crippen molar-refractivity contribution in [3.63, 3.8) is 0 Å². The minimum atomic E-state index is -0.472. The number of nitrogens with two attached hydrogens (primary N) is 1. The first-order valence-corrected chi connectivity index (χ1v) is 13.1. The van der Waals surface area contributed by atoms with Crippen LogP contribution in [-0.4, -0.2) is 11.6 Å². The predicted octanol–water partition coefficient (Wildman–Crippen LogP) is 7.81. The fourth-order valence-electron chi connectivity index (χ4n) is 4.37. The van der Waals surface area contributed by atoms with Crippen molar-refractivity contribution in [1.82, 2.24) is 0 Å². The Bertz CT molecular complexity index is 1460. The van der Waals surface area contributed by atoms with E-state index in [1.807, 2.05) is 30.3 Å². The Kier molecular flexibility index (Phi) is 6.86. The van der Waals surface area contributed by atoms with E-state index in [9.17, 15) is 4.79 Å². The van der Waals surface area contributed by atoms with Gasteiger partial charge in [0.2, 0.25) is 5.91 Å². The van der Waals surface area contributed by atoms with Gasteiger partial charge in [0.05, 0.1) is 11.4 Å². The SMILES string of the molecule is CCc1ccc(NC(C)c2cccc3c2C(c2ccc(Cl)cc2)=Nc2cc(C(N)=O)ccc2S3)cc1. The van der Waals surface area contributed by atoms with Crippen LogP contribution in [0.15, 0.2) is 99.7 Å². The van der Waals surface area contributed by atoms with Gasteiger partial charge in [0, 0.05) is 43.2 Å². The van der Waals surface area contributed by atoms with Crippen molar-refractivity contribution in [2.24, 2.45) is 10.7 Å². The number of nitrogens with zero attached hydrogens (tertiary/aromatic N) is 1. The van der Waals surface area contributed by atoms with Gasteiger partial charge in [0.15, 0.2) is 0 Å². The van der Waals surface area contributed by atoms with Gasteiger partial charge in [-0.05, 0) is 73.0 Å². The molecule has 1 unspecified atom stereocenters. The quantitative estimate of drug-likeness (QED) is 0.244. The molecule has 0 radical (unpaired) electrons. The number of rotatable bonds is 6. The summed E-state index contributed by atoms with van der Waals surface area (Å²) in [7, 11) is 0. The number of anilines is 1. The van der Waals surface area contributed by atoms with Crippen molar-refractivity contribution in [3.05, 3.63) is 118 Å². The highest BCUT2D eigenvalue weighted by Gasteiger charge is 2.24. The highest BCUT2D eigenvalue weighted by Crippen LogP contribution is 2.44. The van der Waals surface area contributed by atoms with E-state index in [2.05, 4.69) is 61.6 Å². The number of aliphatic imine (C=N–C) groups is 1. The molecule has 4 aromatic rings. The monoisotopic (exact) mass is 511 g/mol. The molecule has 4 nitrogen and oxygen atoms in total. The fraction of sp³-hybridized carbons (Fsp3) is 0.133. The molecule has 0 aliphatic carbocycles. The summed E-state index contributed by atoms with van der Waals surface area (Å²) in [5, 5.41) is 4.32. The summed E-state index contributed by atoms with van der Waals surface area (Å²) in [5.41, 5.74) is 13.1. The van der Waals surface area contributed by atoms with Gasteiger partial charge >= 0.3 is 0 Å². The number of fused-ring (bicyclic) bond motifs is 2. The molecule has 36 heavy (non-hydrogen) atoms. The number of hydrogen-bond acceptors (Lipinski definition) is 4. The van der Waals surface area contributed by atoms with E-state index in [0.29, 0.717) is 10.6 Å². The van der Waals surface area contributed by atoms with Gasteiger partial charge in [-0.1, -0.05) is 66.7 Å². The summed E-state index contributed by atoms with van der Waals surface area (Å²) in [4.78, 5) is 19.1. The molecular weight excluding hydrogens is 486 g/mol. The van der Waals surface area contributed by atoms with E-state index in [4.69, 9.17) is 22.3 Å². The second-order valence-electron chi connectivity index (χ2n) is 8.75. The van der Waals surface area contributed by atoms with Crippen molar-refractivity contribution in [3.8, 4) is 0 Å². The molecule has 0 saturated carbocycles. The fourth-order valence-corrected chi connectivity index (χ4v) is 5.54. The van der Waals surface area contributed by atoms with Crippen molar-refractivity contribution >= 4 is 46.4 Å². The first-order valence-electron chi connectivity index (χ1n) is 11.9. The summed E-state index contributed by atoms with van der Waals surface area (Å²) in [6.45, 7) is 4.32. The number of aryl methyl sites for hydroxylation is 1. The maximum absolute atomic E-state index is 11.9. The topological polar surface area (TPSA) is 67.5 Å². The molecule has 180 valence electrons. The third kappa shape index (κ3) is 4.90. The molecule has 1 aliphatic rings. The second-order valence-corrected chi connectivity index (χ2v) is 10.3. The molecule has 5 rings (SSSR count). The van der Waals surface area contributed by atoms with E-state index in [1.165, 1.54) is 5.56 Å². The molecule has 0 saturated heterocycles. The van der Waals surface area contributed by atoms with Crippen LogP contribution >= 0.6 is 23.4 Å². The summed E-state index contributed by atoms with van der Waals surface area (Å²) in [6, 6.07) is 28.1. The Morgan fingerprint density at radius 2 is 1.75 bits per heavy atom. The second kappa shape index (κ2) is 10.2. The molecule has 1 aliphatic heterocycles. The summed E-state index contributed by atoms with van der Waals surface area (Å²) >= 11 is 7.86. The lowest BCUT2D eigenvalue weighted by Crippen LogP contribution is -2.14. The number of nitrogens with one attached hydrogen (secondary N) is 1. The Morgan fingerprint density at radius 3 is 2.44 bits per heavy atom. The van der Waals surface area contributed by atoms with Crippen LogP contribution in [0.3, 0.4) is 0 Å². The van der Waals surface area contributed by atoms with Crippen LogP contribution in [0, 0.1) is 0 Å². The van der Waals surface area contributed by atoms with Crippen molar-refractivity contribution in [2.45, 2.75) is 36.1 Å². The van der Waals surface area contributed by atoms with Gasteiger partial charge in [-0.15, -0.1) is 0 Å². The maximum Gasteiger partial charge on any atom is 0.248 e. The van der Waals surface area contributed by atoms with Crippen molar-refractivity contribution < 1.29 is 4.79 Å². The first-order chi connectivity index (χ1) is 17.4. The van der Waals surface area contributed by atoms with Gasteiger partial charge in [0.1, 0.15) is 0 Å². The standard InChI is InChI=1S/C30H26ClN3OS/c1-3-19-7-14-23(15-8-19)33-18(2)24-5-4-6-27-28(24)29(20-9-12-22(31)13-10-20)34-25-17-21(30(32)35)11-16-26(25)36-27/h4-18,33H,3H2,1-2H3,(H2,32,35). The van der Waals surface area contributed by atoms with E-state index >= 15 is 0 Å². The molecule has 1 atom stereocenters. The molecule has 6 heteroatoms. The van der Waals surface area contributed by atoms with Gasteiger partial charge in [-0.25, -0.2) is 4.99 Å². The van der Waals surface area contributed by atoms with Crippen LogP contribution in [0.5, 0.6) is 0 Å². The Balaban J connectivity index is 1.65. The van der Waals surface area contributed by atoms with Crippen LogP contribution in [0.1, 0.15) is 52.5 Å². The lowest BCUT2D eigenvalue weighted by atomic mass is 9.93. The molecule has 1 heterocycles. The average Bonchev–Trinajstić information content (AvgIpc) is 3.05. The third-order valence-electron chi connectivity index (χ3n) is 6.32. The van der Waals surface area contributed by atoms with E-state index in [1.54, 1.807) is 23.9 Å². The van der Waals surface area contributed by atoms with E-state index < -0.39 is 5.91 Å². The largest absolute Gasteiger partial charge is 0.378 e. The normalized spacial score (nSPS) is 13.1. The molecule has 4 aromatic carbocycles. The van der Waals surface area contributed by atoms with Gasteiger partial charge in [0.25, 0.3) is 0 Å². The smallest absolute Gasteiger partial charge is 0.248 e. The van der Waals surface area contributed by atoms with Crippen LogP contribution in [0.4, 0.5) is 11.4 Å². The number of halogens is 1. The lowest BCUT2D eigenvalue weighted by Gasteiger charge is -2.22. The zero-order chi connectivity index (χ0) is 25.2. The minimum Gasteiger partial charge on any atom is -0.378 e. The van der Waals surface area contributed by atoms with Gasteiger partial charge < -0.3 is 11.1 Å². The van der Waals surface area contributed by atoms with Crippen LogP contribution in [-0.2, 0) is 6.42 Å². The Hall–Kier alpha value is -3.54. The molecule has 0 aromatic heterocycles. The first kappa shape index (κ1) is 24.2. The van der Waals surface area contributed by atoms with Crippen LogP contribution in [0.2, 0.25) is 5.02 Å². The van der Waals surface area contributed by atoms with Crippen LogP contribution in [0.25, 0.3) is 0 Å². The molecule has 0 fully saturated rings. The average molecular weight is 512 g/mol. The Morgan fingerprint density at radius 1 is 1.00 bits per heavy atom. The molecule has 3 N–H and O–H groups in total. The van der Waals surface area contributed by atoms with E-state index in [-0.39, 0.29) is 6.04 Å². The van der Waals surface area contributed by atoms with Crippen LogP contribution < -0.4 is 11.1 Å². The van der Waals surface area contributed by atoms with Gasteiger partial charge in [-0.2, -0.15) is 0 Å². The third-order valence-corrected chi connectivity index (χ3v) is 7.70. The summed E-state index contributed by atoms with van der Waals surface area (Å²) in [5.74, 6) is -0.472. The zero-order valence-corrected chi connectivity index (χ0v) is 21.7. The Labute approximate surface area is 220 Å². The summed E-state index contributed by atoms with van der Waals surface area (Å²) in [6.07, 6.45) is 1.01. The molecule has 0 bridgehead atoms. The molecule has 0 spiro atoms. The zero-order valence-electron chi connectivity index (χ0n) is 20.1. The highest BCUT2D eigenvalue weighted by molar-refractivity contribution is 7.99. The van der Waals surface area contributed by atoms with Crippen molar-refractivity contribution in [2.75, 3.05) is 5.32 Å². The minimum absolute atomic E-state index is 0.0212. The molecular formula is C30H26ClN3OS. The number of hydrogen-bond donors (Lipinski definition) is 2. The lowest BCUT2D eigenvalue weighted by molar-refractivity contribution is 0.1000. The molecule has 1 amide bonds. The summed E-state index contributed by atoms with van der Waals surface area (Å²) < 4.78 is 0. The predicted molar refractivity (Wildman–Crippen MR) is 150 cm³/mol. The number of benzene rings is 4.